The van der Waals surface area contributed by atoms with Crippen molar-refractivity contribution in [3.63, 3.8) is 0 Å². The SMILES string of the molecule is CC(C)c1c(-c2ccc(N)cc2)nc2nc[nH]n2c1=O. The van der Waals surface area contributed by atoms with E-state index in [1.807, 2.05) is 26.0 Å². The van der Waals surface area contributed by atoms with Gasteiger partial charge in [0.05, 0.1) is 5.69 Å². The second-order valence-corrected chi connectivity index (χ2v) is 4.98. The van der Waals surface area contributed by atoms with Crippen molar-refractivity contribution in [1.82, 2.24) is 19.6 Å². The Morgan fingerprint density at radius 3 is 2.60 bits per heavy atom. The fourth-order valence-electron chi connectivity index (χ4n) is 2.25. The molecule has 0 amide bonds. The van der Waals surface area contributed by atoms with E-state index < -0.39 is 0 Å². The summed E-state index contributed by atoms with van der Waals surface area (Å²) in [6.07, 6.45) is 1.46. The number of aromatic nitrogens is 4. The summed E-state index contributed by atoms with van der Waals surface area (Å²) in [4.78, 5) is 21.1. The predicted molar refractivity (Wildman–Crippen MR) is 77.5 cm³/mol. The van der Waals surface area contributed by atoms with Gasteiger partial charge in [0.15, 0.2) is 0 Å². The van der Waals surface area contributed by atoms with Gasteiger partial charge in [-0.1, -0.05) is 26.0 Å². The molecule has 0 bridgehead atoms. The molecule has 0 spiro atoms. The number of rotatable bonds is 2. The number of H-pyrrole nitrogens is 1. The number of hydrogen-bond acceptors (Lipinski definition) is 4. The van der Waals surface area contributed by atoms with Gasteiger partial charge in [0.2, 0.25) is 0 Å². The largest absolute Gasteiger partial charge is 0.399 e. The Kier molecular flexibility index (Phi) is 2.78. The summed E-state index contributed by atoms with van der Waals surface area (Å²) in [7, 11) is 0. The van der Waals surface area contributed by atoms with Crippen molar-refractivity contribution in [2.45, 2.75) is 19.8 Å². The zero-order valence-electron chi connectivity index (χ0n) is 11.3. The van der Waals surface area contributed by atoms with E-state index in [2.05, 4.69) is 15.1 Å². The van der Waals surface area contributed by atoms with Crippen LogP contribution in [0.25, 0.3) is 17.0 Å². The smallest absolute Gasteiger partial charge is 0.278 e. The first kappa shape index (κ1) is 12.4. The molecule has 6 nitrogen and oxygen atoms in total. The van der Waals surface area contributed by atoms with Crippen LogP contribution in [0.3, 0.4) is 0 Å². The van der Waals surface area contributed by atoms with Crippen molar-refractivity contribution in [3.05, 3.63) is 46.5 Å². The molecule has 0 aliphatic rings. The van der Waals surface area contributed by atoms with Gasteiger partial charge in [-0.25, -0.2) is 9.97 Å². The highest BCUT2D eigenvalue weighted by Crippen LogP contribution is 2.25. The van der Waals surface area contributed by atoms with Gasteiger partial charge in [0.1, 0.15) is 6.33 Å². The van der Waals surface area contributed by atoms with Crippen LogP contribution in [0.4, 0.5) is 5.69 Å². The molecule has 0 fully saturated rings. The standard InChI is InChI=1S/C14H15N5O/c1-8(2)11-12(9-3-5-10(15)6-4-9)18-14-16-7-17-19(14)13(11)20/h3-8H,15H2,1-2H3,(H,16,17,18). The fraction of sp³-hybridized carbons (Fsp3) is 0.214. The van der Waals surface area contributed by atoms with Gasteiger partial charge in [-0.3, -0.25) is 9.89 Å². The molecule has 0 aliphatic carbocycles. The lowest BCUT2D eigenvalue weighted by molar-refractivity contribution is 0.797. The number of benzene rings is 1. The van der Waals surface area contributed by atoms with Crippen molar-refractivity contribution in [3.8, 4) is 11.3 Å². The highest BCUT2D eigenvalue weighted by Gasteiger charge is 2.18. The average Bonchev–Trinajstić information content (AvgIpc) is 2.87. The van der Waals surface area contributed by atoms with Crippen molar-refractivity contribution in [2.75, 3.05) is 5.73 Å². The molecule has 0 saturated heterocycles. The molecule has 0 unspecified atom stereocenters. The maximum absolute atomic E-state index is 12.5. The van der Waals surface area contributed by atoms with E-state index >= 15 is 0 Å². The van der Waals surface area contributed by atoms with Gasteiger partial charge in [-0.15, -0.1) is 0 Å². The van der Waals surface area contributed by atoms with Crippen LogP contribution in [0.2, 0.25) is 0 Å². The lowest BCUT2D eigenvalue weighted by atomic mass is 9.98. The first-order valence-corrected chi connectivity index (χ1v) is 6.40. The van der Waals surface area contributed by atoms with E-state index in [0.29, 0.717) is 22.7 Å². The van der Waals surface area contributed by atoms with E-state index in [1.165, 1.54) is 10.8 Å². The van der Waals surface area contributed by atoms with Gasteiger partial charge in [-0.2, -0.15) is 4.52 Å². The van der Waals surface area contributed by atoms with Crippen molar-refractivity contribution >= 4 is 11.5 Å². The molecule has 0 atom stereocenters. The van der Waals surface area contributed by atoms with E-state index in [0.717, 1.165) is 5.56 Å². The number of hydrogen-bond donors (Lipinski definition) is 2. The van der Waals surface area contributed by atoms with E-state index in [1.54, 1.807) is 12.1 Å². The molecule has 20 heavy (non-hydrogen) atoms. The molecule has 6 heteroatoms. The molecule has 3 aromatic rings. The Labute approximate surface area is 115 Å². The quantitative estimate of drug-likeness (QED) is 0.694. The number of fused-ring (bicyclic) bond motifs is 1. The lowest BCUT2D eigenvalue weighted by Gasteiger charge is -2.11. The monoisotopic (exact) mass is 269 g/mol. The van der Waals surface area contributed by atoms with Crippen LogP contribution in [0.1, 0.15) is 25.3 Å². The summed E-state index contributed by atoms with van der Waals surface area (Å²) in [5.74, 6) is 0.425. The number of nitrogens with one attached hydrogen (secondary N) is 1. The Morgan fingerprint density at radius 1 is 1.25 bits per heavy atom. The second-order valence-electron chi connectivity index (χ2n) is 4.98. The van der Waals surface area contributed by atoms with Crippen LogP contribution < -0.4 is 11.3 Å². The fourth-order valence-corrected chi connectivity index (χ4v) is 2.25. The van der Waals surface area contributed by atoms with Crippen molar-refractivity contribution in [2.24, 2.45) is 0 Å². The minimum absolute atomic E-state index is 0.0581. The van der Waals surface area contributed by atoms with Gasteiger partial charge in [-0.05, 0) is 18.1 Å². The number of anilines is 1. The van der Waals surface area contributed by atoms with Crippen LogP contribution in [-0.2, 0) is 0 Å². The summed E-state index contributed by atoms with van der Waals surface area (Å²) < 4.78 is 1.36. The molecular formula is C14H15N5O. The number of nitrogens with zero attached hydrogens (tertiary/aromatic N) is 3. The zero-order chi connectivity index (χ0) is 14.3. The molecule has 3 rings (SSSR count). The predicted octanol–water partition coefficient (Wildman–Crippen LogP) is 1.79. The molecule has 1 aromatic carbocycles. The zero-order valence-corrected chi connectivity index (χ0v) is 11.3. The Morgan fingerprint density at radius 2 is 1.95 bits per heavy atom. The lowest BCUT2D eigenvalue weighted by Crippen LogP contribution is -2.22. The number of nitrogens with two attached hydrogens (primary N) is 1. The third-order valence-corrected chi connectivity index (χ3v) is 3.23. The third-order valence-electron chi connectivity index (χ3n) is 3.23. The molecule has 2 aromatic heterocycles. The molecular weight excluding hydrogens is 254 g/mol. The van der Waals surface area contributed by atoms with Crippen LogP contribution in [0.5, 0.6) is 0 Å². The molecule has 0 aliphatic heterocycles. The summed E-state index contributed by atoms with van der Waals surface area (Å²) in [6.45, 7) is 3.95. The average molecular weight is 269 g/mol. The van der Waals surface area contributed by atoms with Crippen LogP contribution in [0.15, 0.2) is 35.4 Å². The summed E-state index contributed by atoms with van der Waals surface area (Å²) in [6, 6.07) is 7.33. The molecule has 0 saturated carbocycles. The van der Waals surface area contributed by atoms with Gasteiger partial charge in [0, 0.05) is 16.8 Å². The Balaban J connectivity index is 2.36. The summed E-state index contributed by atoms with van der Waals surface area (Å²) in [5, 5.41) is 2.78. The number of nitrogen functional groups attached to an aromatic ring is 1. The molecule has 0 radical (unpaired) electrons. The van der Waals surface area contributed by atoms with E-state index in [-0.39, 0.29) is 11.5 Å². The first-order valence-electron chi connectivity index (χ1n) is 6.40. The number of aromatic amines is 1. The van der Waals surface area contributed by atoms with Gasteiger partial charge in [0.25, 0.3) is 11.3 Å². The summed E-state index contributed by atoms with van der Waals surface area (Å²) >= 11 is 0. The van der Waals surface area contributed by atoms with E-state index in [9.17, 15) is 4.79 Å². The molecule has 102 valence electrons. The van der Waals surface area contributed by atoms with Gasteiger partial charge >= 0.3 is 0 Å². The van der Waals surface area contributed by atoms with Crippen LogP contribution in [-0.4, -0.2) is 19.6 Å². The third kappa shape index (κ3) is 1.85. The van der Waals surface area contributed by atoms with Gasteiger partial charge < -0.3 is 5.73 Å². The minimum Gasteiger partial charge on any atom is -0.399 e. The second kappa shape index (κ2) is 4.48. The maximum atomic E-state index is 12.5. The molecule has 3 N–H and O–H groups in total. The highest BCUT2D eigenvalue weighted by atomic mass is 16.1. The van der Waals surface area contributed by atoms with Crippen LogP contribution in [0, 0.1) is 0 Å². The maximum Gasteiger partial charge on any atom is 0.278 e. The summed E-state index contributed by atoms with van der Waals surface area (Å²) in [5.41, 5.74) is 8.46. The normalized spacial score (nSPS) is 11.3. The molecule has 2 heterocycles. The topological polar surface area (TPSA) is 89.1 Å². The first-order chi connectivity index (χ1) is 9.58. The van der Waals surface area contributed by atoms with Crippen molar-refractivity contribution in [1.29, 1.82) is 0 Å². The highest BCUT2D eigenvalue weighted by molar-refractivity contribution is 5.66. The Bertz CT molecular complexity index is 814. The van der Waals surface area contributed by atoms with E-state index in [4.69, 9.17) is 5.73 Å². The van der Waals surface area contributed by atoms with Crippen molar-refractivity contribution < 1.29 is 0 Å². The van der Waals surface area contributed by atoms with Crippen LogP contribution >= 0.6 is 0 Å². The minimum atomic E-state index is -0.116. The Hall–Kier alpha value is -2.63.